The predicted molar refractivity (Wildman–Crippen MR) is 305 cm³/mol. The van der Waals surface area contributed by atoms with Crippen molar-refractivity contribution in [1.82, 2.24) is 0 Å². The predicted octanol–water partition coefficient (Wildman–Crippen LogP) is 18.1. The highest BCUT2D eigenvalue weighted by Gasteiger charge is 2.22. The minimum atomic E-state index is -4.62. The Morgan fingerprint density at radius 2 is 0.792 bits per heavy atom. The number of carbonyl (C=O) groups is 2. The Bertz CT molecular complexity index is 1400. The molecule has 0 aromatic heterocycles. The van der Waals surface area contributed by atoms with Gasteiger partial charge in [0, 0.05) is 12.8 Å². The summed E-state index contributed by atoms with van der Waals surface area (Å²) < 4.78 is 33.9. The standard InChI is InChI=1S/C62H114NO8P/c1-6-8-10-12-14-15-16-17-18-19-20-21-22-23-24-25-26-27-28-29-30-31-32-33-34-35-36-37-38-39-40-41-42-43-44-45-46-47-49-51-53-55-62(65)71-60(59-70-72(66,67)69-57-56-63(3,4)5)58-68-61(64)54-52-50-48-13-11-9-7-2/h8,10,14-15,17-18,20-21,23-24,60H,6-7,9,11-13,16,19,22,25-59H2,1-5H3/b10-8-,15-14-,18-17-,21-20-,24-23-. The van der Waals surface area contributed by atoms with Gasteiger partial charge in [0.25, 0.3) is 7.82 Å². The molecule has 2 atom stereocenters. The minimum Gasteiger partial charge on any atom is -0.756 e. The van der Waals surface area contributed by atoms with E-state index in [1.807, 2.05) is 21.1 Å². The van der Waals surface area contributed by atoms with E-state index in [0.717, 1.165) is 64.2 Å². The van der Waals surface area contributed by atoms with Crippen molar-refractivity contribution < 1.29 is 42.1 Å². The van der Waals surface area contributed by atoms with Crippen molar-refractivity contribution in [3.63, 3.8) is 0 Å². The van der Waals surface area contributed by atoms with Gasteiger partial charge in [-0.1, -0.05) is 261 Å². The number of unbranched alkanes of at least 4 members (excludes halogenated alkanes) is 31. The second kappa shape index (κ2) is 53.5. The molecular weight excluding hydrogens is 918 g/mol. The zero-order valence-electron chi connectivity index (χ0n) is 47.6. The minimum absolute atomic E-state index is 0.0287. The molecule has 420 valence electrons. The molecule has 0 spiro atoms. The summed E-state index contributed by atoms with van der Waals surface area (Å²) in [6.07, 6.45) is 69.1. The van der Waals surface area contributed by atoms with Crippen molar-refractivity contribution in [1.29, 1.82) is 0 Å². The van der Waals surface area contributed by atoms with Gasteiger partial charge in [-0.3, -0.25) is 14.2 Å². The number of carbonyl (C=O) groups excluding carboxylic acids is 2. The smallest absolute Gasteiger partial charge is 0.306 e. The lowest BCUT2D eigenvalue weighted by molar-refractivity contribution is -0.870. The van der Waals surface area contributed by atoms with Crippen LogP contribution in [-0.4, -0.2) is 70.0 Å². The molecule has 0 heterocycles. The van der Waals surface area contributed by atoms with Crippen LogP contribution in [0.3, 0.4) is 0 Å². The number of nitrogens with zero attached hydrogens (tertiary/aromatic N) is 1. The van der Waals surface area contributed by atoms with Crippen molar-refractivity contribution in [3.05, 3.63) is 60.8 Å². The Morgan fingerprint density at radius 3 is 1.18 bits per heavy atom. The summed E-state index contributed by atoms with van der Waals surface area (Å²) >= 11 is 0. The maximum atomic E-state index is 12.7. The van der Waals surface area contributed by atoms with E-state index in [1.54, 1.807) is 0 Å². The third-order valence-corrected chi connectivity index (χ3v) is 14.0. The number of hydrogen-bond acceptors (Lipinski definition) is 8. The second-order valence-electron chi connectivity index (χ2n) is 21.3. The molecule has 0 aromatic carbocycles. The van der Waals surface area contributed by atoms with E-state index in [4.69, 9.17) is 18.5 Å². The average Bonchev–Trinajstić information content (AvgIpc) is 3.34. The summed E-state index contributed by atoms with van der Waals surface area (Å²) in [5, 5.41) is 0. The maximum absolute atomic E-state index is 12.7. The number of hydrogen-bond donors (Lipinski definition) is 0. The highest BCUT2D eigenvalue weighted by atomic mass is 31.2. The molecule has 0 bridgehead atoms. The lowest BCUT2D eigenvalue weighted by Gasteiger charge is -2.28. The molecule has 9 nitrogen and oxygen atoms in total. The summed E-state index contributed by atoms with van der Waals surface area (Å²) in [6.45, 7) is 4.09. The monoisotopic (exact) mass is 1030 g/mol. The van der Waals surface area contributed by atoms with E-state index in [1.165, 1.54) is 173 Å². The van der Waals surface area contributed by atoms with E-state index < -0.39 is 26.5 Å². The van der Waals surface area contributed by atoms with Gasteiger partial charge in [0.2, 0.25) is 0 Å². The zero-order chi connectivity index (χ0) is 52.7. The molecule has 72 heavy (non-hydrogen) atoms. The van der Waals surface area contributed by atoms with Crippen molar-refractivity contribution in [2.24, 2.45) is 0 Å². The molecule has 0 N–H and O–H groups in total. The van der Waals surface area contributed by atoms with E-state index in [9.17, 15) is 19.0 Å². The number of likely N-dealkylation sites (N-methyl/N-ethyl adjacent to an activating group) is 1. The van der Waals surface area contributed by atoms with Crippen molar-refractivity contribution in [2.75, 3.05) is 47.5 Å². The number of esters is 2. The van der Waals surface area contributed by atoms with Gasteiger partial charge < -0.3 is 27.9 Å². The summed E-state index contributed by atoms with van der Waals surface area (Å²) in [5.74, 6) is -0.830. The second-order valence-corrected chi connectivity index (χ2v) is 22.8. The first-order valence-corrected chi connectivity index (χ1v) is 31.5. The van der Waals surface area contributed by atoms with Crippen LogP contribution < -0.4 is 4.89 Å². The highest BCUT2D eigenvalue weighted by molar-refractivity contribution is 7.45. The van der Waals surface area contributed by atoms with Crippen LogP contribution in [0.1, 0.15) is 271 Å². The fourth-order valence-electron chi connectivity index (χ4n) is 8.45. The van der Waals surface area contributed by atoms with Crippen LogP contribution in [0.15, 0.2) is 60.8 Å². The Kier molecular flexibility index (Phi) is 51.8. The Balaban J connectivity index is 3.76. The maximum Gasteiger partial charge on any atom is 0.306 e. The molecule has 0 radical (unpaired) electrons. The topological polar surface area (TPSA) is 111 Å². The number of rotatable bonds is 55. The van der Waals surface area contributed by atoms with Gasteiger partial charge in [0.1, 0.15) is 19.8 Å². The number of phosphoric ester groups is 1. The van der Waals surface area contributed by atoms with Crippen LogP contribution in [0.2, 0.25) is 0 Å². The van der Waals surface area contributed by atoms with Crippen LogP contribution in [-0.2, 0) is 32.7 Å². The van der Waals surface area contributed by atoms with E-state index >= 15 is 0 Å². The molecule has 0 fully saturated rings. The number of quaternary nitrogens is 1. The molecule has 0 aliphatic heterocycles. The van der Waals surface area contributed by atoms with E-state index in [-0.39, 0.29) is 32.0 Å². The number of allylic oxidation sites excluding steroid dienone is 10. The van der Waals surface area contributed by atoms with Crippen LogP contribution in [0.4, 0.5) is 0 Å². The lowest BCUT2D eigenvalue weighted by atomic mass is 10.0. The Hall–Kier alpha value is -2.29. The summed E-state index contributed by atoms with van der Waals surface area (Å²) in [7, 11) is 1.18. The van der Waals surface area contributed by atoms with Crippen LogP contribution >= 0.6 is 7.82 Å². The van der Waals surface area contributed by atoms with Gasteiger partial charge in [-0.2, -0.15) is 0 Å². The molecule has 0 aliphatic rings. The van der Waals surface area contributed by atoms with Crippen molar-refractivity contribution in [3.8, 4) is 0 Å². The molecular formula is C62H114NO8P. The van der Waals surface area contributed by atoms with Crippen LogP contribution in [0.5, 0.6) is 0 Å². The fourth-order valence-corrected chi connectivity index (χ4v) is 9.18. The van der Waals surface area contributed by atoms with Crippen molar-refractivity contribution >= 4 is 19.8 Å². The summed E-state index contributed by atoms with van der Waals surface area (Å²) in [5.41, 5.74) is 0. The fraction of sp³-hybridized carbons (Fsp3) is 0.806. The van der Waals surface area contributed by atoms with Gasteiger partial charge in [-0.05, 0) is 57.8 Å². The normalized spacial score (nSPS) is 13.7. The molecule has 0 saturated heterocycles. The molecule has 0 aliphatic carbocycles. The lowest BCUT2D eigenvalue weighted by Crippen LogP contribution is -2.37. The van der Waals surface area contributed by atoms with Crippen molar-refractivity contribution in [2.45, 2.75) is 277 Å². The zero-order valence-corrected chi connectivity index (χ0v) is 48.5. The molecule has 2 unspecified atom stereocenters. The Morgan fingerprint density at radius 1 is 0.444 bits per heavy atom. The number of phosphoric acid groups is 1. The molecule has 10 heteroatoms. The third kappa shape index (κ3) is 57.0. The van der Waals surface area contributed by atoms with E-state index in [2.05, 4.69) is 74.6 Å². The van der Waals surface area contributed by atoms with Gasteiger partial charge >= 0.3 is 11.9 Å². The molecule has 0 rings (SSSR count). The largest absolute Gasteiger partial charge is 0.756 e. The third-order valence-electron chi connectivity index (χ3n) is 13.1. The molecule has 0 amide bonds. The SMILES string of the molecule is CC/C=C\C/C=C\C/C=C\C/C=C\C/C=C\CCCCCCCCCCCCCCCCCCCCCCCCCCCC(=O)OC(COC(=O)CCCCCCCCC)COP(=O)([O-])OCC[N+](C)(C)C. The van der Waals surface area contributed by atoms with Crippen LogP contribution in [0, 0.1) is 0 Å². The van der Waals surface area contributed by atoms with Gasteiger partial charge in [-0.15, -0.1) is 0 Å². The molecule has 0 saturated carbocycles. The molecule has 0 aromatic rings. The highest BCUT2D eigenvalue weighted by Crippen LogP contribution is 2.38. The first kappa shape index (κ1) is 69.7. The number of ether oxygens (including phenoxy) is 2. The van der Waals surface area contributed by atoms with Gasteiger partial charge in [-0.25, -0.2) is 0 Å². The van der Waals surface area contributed by atoms with Gasteiger partial charge in [0.15, 0.2) is 6.10 Å². The van der Waals surface area contributed by atoms with E-state index in [0.29, 0.717) is 17.4 Å². The first-order valence-electron chi connectivity index (χ1n) is 30.0. The first-order chi connectivity index (χ1) is 35.0. The Labute approximate surface area is 445 Å². The average molecular weight is 1030 g/mol. The quantitative estimate of drug-likeness (QED) is 0.0195. The van der Waals surface area contributed by atoms with Gasteiger partial charge in [0.05, 0.1) is 27.7 Å². The summed E-state index contributed by atoms with van der Waals surface area (Å²) in [6, 6.07) is 0. The summed E-state index contributed by atoms with van der Waals surface area (Å²) in [4.78, 5) is 37.5. The van der Waals surface area contributed by atoms with Crippen LogP contribution in [0.25, 0.3) is 0 Å².